The Morgan fingerprint density at radius 1 is 1.38 bits per heavy atom. The minimum Gasteiger partial charge on any atom is -0.374 e. The van der Waals surface area contributed by atoms with Crippen LogP contribution < -0.4 is 5.32 Å². The summed E-state index contributed by atoms with van der Waals surface area (Å²) in [7, 11) is 2.07. The molecule has 2 heteroatoms. The van der Waals surface area contributed by atoms with Crippen molar-refractivity contribution in [2.24, 2.45) is 11.8 Å². The van der Waals surface area contributed by atoms with Gasteiger partial charge < -0.3 is 10.1 Å². The Morgan fingerprint density at radius 3 is 2.56 bits per heavy atom. The van der Waals surface area contributed by atoms with E-state index in [1.807, 2.05) is 0 Å². The van der Waals surface area contributed by atoms with Gasteiger partial charge in [0.1, 0.15) is 0 Å². The highest BCUT2D eigenvalue weighted by Crippen LogP contribution is 2.35. The van der Waals surface area contributed by atoms with Crippen molar-refractivity contribution in [1.29, 1.82) is 0 Å². The van der Waals surface area contributed by atoms with Crippen LogP contribution in [-0.4, -0.2) is 25.3 Å². The van der Waals surface area contributed by atoms with E-state index < -0.39 is 0 Å². The number of rotatable bonds is 5. The molecule has 1 saturated carbocycles. The van der Waals surface area contributed by atoms with Crippen LogP contribution in [0.2, 0.25) is 0 Å². The Bertz CT molecular complexity index is 203. The molecule has 0 radical (unpaired) electrons. The molecule has 1 N–H and O–H groups in total. The maximum atomic E-state index is 5.91. The fourth-order valence-corrected chi connectivity index (χ4v) is 3.40. The van der Waals surface area contributed by atoms with E-state index in [0.29, 0.717) is 6.04 Å². The molecule has 96 valence electrons. The van der Waals surface area contributed by atoms with Crippen LogP contribution in [0.25, 0.3) is 0 Å². The molecule has 0 heterocycles. The number of nitrogens with one attached hydrogen (secondary N) is 1. The largest absolute Gasteiger partial charge is 0.374 e. The Balaban J connectivity index is 2.64. The fourth-order valence-electron chi connectivity index (χ4n) is 3.40. The number of hydrogen-bond acceptors (Lipinski definition) is 2. The van der Waals surface area contributed by atoms with E-state index >= 15 is 0 Å². The topological polar surface area (TPSA) is 21.3 Å². The van der Waals surface area contributed by atoms with Crippen LogP contribution in [0, 0.1) is 11.8 Å². The highest BCUT2D eigenvalue weighted by atomic mass is 16.5. The third kappa shape index (κ3) is 3.46. The van der Waals surface area contributed by atoms with Crippen LogP contribution in [0.3, 0.4) is 0 Å². The first-order valence-corrected chi connectivity index (χ1v) is 6.82. The molecule has 1 rings (SSSR count). The summed E-state index contributed by atoms with van der Waals surface area (Å²) >= 11 is 0. The standard InChI is InChI=1S/C14H29NO/c1-6-16-14(3,4)13(15-5)12-9-7-8-11(2)10-12/h11-13,15H,6-10H2,1-5H3. The molecule has 0 saturated heterocycles. The fraction of sp³-hybridized carbons (Fsp3) is 1.00. The summed E-state index contributed by atoms with van der Waals surface area (Å²) in [6, 6.07) is 0.482. The van der Waals surface area contributed by atoms with Gasteiger partial charge in [-0.3, -0.25) is 0 Å². The first-order valence-electron chi connectivity index (χ1n) is 6.82. The lowest BCUT2D eigenvalue weighted by atomic mass is 9.74. The van der Waals surface area contributed by atoms with Crippen molar-refractivity contribution >= 4 is 0 Å². The predicted octanol–water partition coefficient (Wildman–Crippen LogP) is 3.22. The van der Waals surface area contributed by atoms with Crippen molar-refractivity contribution in [2.75, 3.05) is 13.7 Å². The molecule has 0 aliphatic heterocycles. The summed E-state index contributed by atoms with van der Waals surface area (Å²) < 4.78 is 5.91. The van der Waals surface area contributed by atoms with Crippen molar-refractivity contribution in [3.8, 4) is 0 Å². The van der Waals surface area contributed by atoms with Crippen LogP contribution in [0.5, 0.6) is 0 Å². The average molecular weight is 227 g/mol. The second-order valence-corrected chi connectivity index (χ2v) is 5.83. The zero-order chi connectivity index (χ0) is 12.2. The second kappa shape index (κ2) is 6.02. The van der Waals surface area contributed by atoms with Crippen molar-refractivity contribution in [1.82, 2.24) is 5.32 Å². The Kier molecular flexibility index (Phi) is 5.26. The molecule has 0 aromatic carbocycles. The molecule has 0 bridgehead atoms. The minimum atomic E-state index is -0.0504. The maximum absolute atomic E-state index is 5.91. The van der Waals surface area contributed by atoms with Gasteiger partial charge in [-0.2, -0.15) is 0 Å². The smallest absolute Gasteiger partial charge is 0.0781 e. The average Bonchev–Trinajstić information content (AvgIpc) is 2.18. The molecular weight excluding hydrogens is 198 g/mol. The number of hydrogen-bond donors (Lipinski definition) is 1. The third-order valence-electron chi connectivity index (χ3n) is 4.02. The molecule has 0 aromatic heterocycles. The van der Waals surface area contributed by atoms with Crippen LogP contribution >= 0.6 is 0 Å². The van der Waals surface area contributed by atoms with Crippen molar-refractivity contribution in [3.63, 3.8) is 0 Å². The molecule has 1 aliphatic carbocycles. The first-order chi connectivity index (χ1) is 7.51. The van der Waals surface area contributed by atoms with Gasteiger partial charge in [0, 0.05) is 12.6 Å². The van der Waals surface area contributed by atoms with E-state index in [0.717, 1.165) is 18.4 Å². The lowest BCUT2D eigenvalue weighted by molar-refractivity contribution is -0.0572. The Hall–Kier alpha value is -0.0800. The molecule has 0 aromatic rings. The van der Waals surface area contributed by atoms with Gasteiger partial charge in [0.2, 0.25) is 0 Å². The highest BCUT2D eigenvalue weighted by molar-refractivity contribution is 4.92. The maximum Gasteiger partial charge on any atom is 0.0781 e. The summed E-state index contributed by atoms with van der Waals surface area (Å²) in [6.07, 6.45) is 5.49. The van der Waals surface area contributed by atoms with Crippen LogP contribution in [0.4, 0.5) is 0 Å². The minimum absolute atomic E-state index is 0.0504. The zero-order valence-electron chi connectivity index (χ0n) is 11.7. The third-order valence-corrected chi connectivity index (χ3v) is 4.02. The van der Waals surface area contributed by atoms with Crippen LogP contribution in [0.15, 0.2) is 0 Å². The van der Waals surface area contributed by atoms with Crippen molar-refractivity contribution in [2.45, 2.75) is 65.0 Å². The van der Waals surface area contributed by atoms with Gasteiger partial charge in [-0.1, -0.05) is 19.8 Å². The SMILES string of the molecule is CCOC(C)(C)C(NC)C1CCCC(C)C1. The summed E-state index contributed by atoms with van der Waals surface area (Å²) in [5, 5.41) is 3.49. The molecule has 16 heavy (non-hydrogen) atoms. The van der Waals surface area contributed by atoms with E-state index in [9.17, 15) is 0 Å². The van der Waals surface area contributed by atoms with Crippen LogP contribution in [-0.2, 0) is 4.74 Å². The quantitative estimate of drug-likeness (QED) is 0.778. The van der Waals surface area contributed by atoms with E-state index in [1.54, 1.807) is 0 Å². The molecule has 1 fully saturated rings. The first kappa shape index (κ1) is 14.0. The molecular formula is C14H29NO. The van der Waals surface area contributed by atoms with E-state index in [4.69, 9.17) is 4.74 Å². The van der Waals surface area contributed by atoms with Gasteiger partial charge in [-0.25, -0.2) is 0 Å². The summed E-state index contributed by atoms with van der Waals surface area (Å²) in [5.41, 5.74) is -0.0504. The lowest BCUT2D eigenvalue weighted by Crippen LogP contribution is -2.52. The molecule has 3 atom stereocenters. The second-order valence-electron chi connectivity index (χ2n) is 5.83. The normalized spacial score (nSPS) is 29.1. The van der Waals surface area contributed by atoms with Crippen molar-refractivity contribution in [3.05, 3.63) is 0 Å². The number of ether oxygens (including phenoxy) is 1. The molecule has 1 aliphatic rings. The Labute approximate surface area is 101 Å². The van der Waals surface area contributed by atoms with Gasteiger partial charge in [0.25, 0.3) is 0 Å². The summed E-state index contributed by atoms with van der Waals surface area (Å²) in [6.45, 7) is 9.70. The molecule has 2 nitrogen and oxygen atoms in total. The summed E-state index contributed by atoms with van der Waals surface area (Å²) in [4.78, 5) is 0. The predicted molar refractivity (Wildman–Crippen MR) is 69.7 cm³/mol. The van der Waals surface area contributed by atoms with E-state index in [1.165, 1.54) is 25.7 Å². The van der Waals surface area contributed by atoms with Gasteiger partial charge in [-0.05, 0) is 52.5 Å². The Morgan fingerprint density at radius 2 is 2.06 bits per heavy atom. The van der Waals surface area contributed by atoms with E-state index in [2.05, 4.69) is 40.1 Å². The number of likely N-dealkylation sites (N-methyl/N-ethyl adjacent to an activating group) is 1. The molecule has 0 spiro atoms. The summed E-state index contributed by atoms with van der Waals surface area (Å²) in [5.74, 6) is 1.65. The lowest BCUT2D eigenvalue weighted by Gasteiger charge is -2.42. The van der Waals surface area contributed by atoms with E-state index in [-0.39, 0.29) is 5.60 Å². The molecule has 3 unspecified atom stereocenters. The molecule has 0 amide bonds. The van der Waals surface area contributed by atoms with Gasteiger partial charge in [0.05, 0.1) is 5.60 Å². The zero-order valence-corrected chi connectivity index (χ0v) is 11.7. The van der Waals surface area contributed by atoms with Crippen molar-refractivity contribution < 1.29 is 4.74 Å². The van der Waals surface area contributed by atoms with Gasteiger partial charge in [-0.15, -0.1) is 0 Å². The highest BCUT2D eigenvalue weighted by Gasteiger charge is 2.36. The van der Waals surface area contributed by atoms with Crippen LogP contribution in [0.1, 0.15) is 53.4 Å². The van der Waals surface area contributed by atoms with Gasteiger partial charge in [0.15, 0.2) is 0 Å². The monoisotopic (exact) mass is 227 g/mol. The van der Waals surface area contributed by atoms with Gasteiger partial charge >= 0.3 is 0 Å².